The van der Waals surface area contributed by atoms with Crippen LogP contribution in [0.3, 0.4) is 0 Å². The number of thiophene rings is 1. The number of methoxy groups -OCH3 is 1. The van der Waals surface area contributed by atoms with Gasteiger partial charge in [-0.3, -0.25) is 4.79 Å². The predicted molar refractivity (Wildman–Crippen MR) is 83.0 cm³/mol. The Morgan fingerprint density at radius 2 is 2.00 bits per heavy atom. The zero-order chi connectivity index (χ0) is 16.7. The smallest absolute Gasteiger partial charge is 0.348 e. The van der Waals surface area contributed by atoms with Gasteiger partial charge in [0, 0.05) is 0 Å². The zero-order valence-corrected chi connectivity index (χ0v) is 14.1. The van der Waals surface area contributed by atoms with Crippen LogP contribution in [0.4, 0.5) is 0 Å². The van der Waals surface area contributed by atoms with Gasteiger partial charge in [0.1, 0.15) is 10.9 Å². The molecule has 0 saturated heterocycles. The van der Waals surface area contributed by atoms with Crippen molar-refractivity contribution in [3.05, 3.63) is 21.3 Å². The molecule has 1 aromatic rings. The molecule has 0 aromatic carbocycles. The molecule has 8 heteroatoms. The van der Waals surface area contributed by atoms with Crippen molar-refractivity contribution in [2.24, 2.45) is 5.92 Å². The van der Waals surface area contributed by atoms with Gasteiger partial charge < -0.3 is 14.8 Å². The number of hydrogen-bond donors (Lipinski definition) is 1. The third kappa shape index (κ3) is 6.03. The van der Waals surface area contributed by atoms with E-state index in [0.29, 0.717) is 15.6 Å². The molecule has 0 unspecified atom stereocenters. The van der Waals surface area contributed by atoms with Gasteiger partial charge in [-0.2, -0.15) is 0 Å². The van der Waals surface area contributed by atoms with Crippen molar-refractivity contribution >= 4 is 40.8 Å². The molecule has 0 spiro atoms. The lowest BCUT2D eigenvalue weighted by atomic mass is 10.0. The molecule has 122 valence electrons. The van der Waals surface area contributed by atoms with Crippen LogP contribution in [-0.2, 0) is 19.1 Å². The predicted octanol–water partition coefficient (Wildman–Crippen LogP) is 2.26. The van der Waals surface area contributed by atoms with E-state index in [4.69, 9.17) is 16.3 Å². The van der Waals surface area contributed by atoms with E-state index in [1.807, 2.05) is 13.8 Å². The highest BCUT2D eigenvalue weighted by atomic mass is 35.5. The molecular formula is C14H18ClNO5S. The Kier molecular flexibility index (Phi) is 7.34. The lowest BCUT2D eigenvalue weighted by Gasteiger charge is -2.18. The number of carbonyl (C=O) groups is 3. The van der Waals surface area contributed by atoms with Gasteiger partial charge in [-0.15, -0.1) is 11.3 Å². The standard InChI is InChI=1S/C14H18ClNO5S/c1-8(2)6-9(13(18)20-3)16-12(17)7-21-14(19)10-4-5-11(15)22-10/h4-5,8-9H,6-7H2,1-3H3,(H,16,17)/t9-/m1/s1. The number of halogens is 1. The van der Waals surface area contributed by atoms with Crippen molar-refractivity contribution in [1.29, 1.82) is 0 Å². The van der Waals surface area contributed by atoms with Crippen LogP contribution in [0, 0.1) is 5.92 Å². The Morgan fingerprint density at radius 1 is 1.32 bits per heavy atom. The highest BCUT2D eigenvalue weighted by Gasteiger charge is 2.23. The van der Waals surface area contributed by atoms with Crippen molar-refractivity contribution < 1.29 is 23.9 Å². The maximum atomic E-state index is 11.8. The lowest BCUT2D eigenvalue weighted by Crippen LogP contribution is -2.44. The fourth-order valence-electron chi connectivity index (χ4n) is 1.69. The van der Waals surface area contributed by atoms with Crippen molar-refractivity contribution in [3.63, 3.8) is 0 Å². The summed E-state index contributed by atoms with van der Waals surface area (Å²) in [6.45, 7) is 3.37. The Balaban J connectivity index is 2.49. The first-order chi connectivity index (χ1) is 10.3. The molecule has 1 aromatic heterocycles. The topological polar surface area (TPSA) is 81.7 Å². The van der Waals surface area contributed by atoms with Gasteiger partial charge in [0.05, 0.1) is 11.4 Å². The first-order valence-electron chi connectivity index (χ1n) is 6.63. The van der Waals surface area contributed by atoms with Crippen LogP contribution in [0.2, 0.25) is 4.34 Å². The normalized spacial score (nSPS) is 11.9. The van der Waals surface area contributed by atoms with Gasteiger partial charge in [0.25, 0.3) is 5.91 Å². The summed E-state index contributed by atoms with van der Waals surface area (Å²) >= 11 is 6.78. The number of rotatable bonds is 7. The molecule has 1 atom stereocenters. The summed E-state index contributed by atoms with van der Waals surface area (Å²) in [6, 6.07) is 2.33. The minimum Gasteiger partial charge on any atom is -0.467 e. The van der Waals surface area contributed by atoms with E-state index in [1.54, 1.807) is 6.07 Å². The van der Waals surface area contributed by atoms with E-state index in [2.05, 4.69) is 10.1 Å². The number of ether oxygens (including phenoxy) is 2. The van der Waals surface area contributed by atoms with Gasteiger partial charge in [-0.05, 0) is 24.5 Å². The SMILES string of the molecule is COC(=O)[C@@H](CC(C)C)NC(=O)COC(=O)c1ccc(Cl)s1. The molecule has 0 aliphatic heterocycles. The second kappa shape index (κ2) is 8.75. The number of nitrogens with one attached hydrogen (secondary N) is 1. The Morgan fingerprint density at radius 3 is 2.50 bits per heavy atom. The molecular weight excluding hydrogens is 330 g/mol. The Labute approximate surface area is 137 Å². The maximum absolute atomic E-state index is 11.8. The van der Waals surface area contributed by atoms with E-state index in [9.17, 15) is 14.4 Å². The largest absolute Gasteiger partial charge is 0.467 e. The molecule has 0 saturated carbocycles. The molecule has 1 N–H and O–H groups in total. The van der Waals surface area contributed by atoms with Gasteiger partial charge in [-0.25, -0.2) is 9.59 Å². The summed E-state index contributed by atoms with van der Waals surface area (Å²) in [6.07, 6.45) is 0.437. The van der Waals surface area contributed by atoms with Crippen LogP contribution < -0.4 is 5.32 Å². The number of esters is 2. The van der Waals surface area contributed by atoms with Crippen molar-refractivity contribution in [3.8, 4) is 0 Å². The summed E-state index contributed by atoms with van der Waals surface area (Å²) < 4.78 is 9.97. The van der Waals surface area contributed by atoms with E-state index < -0.39 is 30.5 Å². The molecule has 0 bridgehead atoms. The monoisotopic (exact) mass is 347 g/mol. The number of hydrogen-bond acceptors (Lipinski definition) is 6. The summed E-state index contributed by atoms with van der Waals surface area (Å²) in [5.41, 5.74) is 0. The highest BCUT2D eigenvalue weighted by molar-refractivity contribution is 7.17. The van der Waals surface area contributed by atoms with Crippen molar-refractivity contribution in [1.82, 2.24) is 5.32 Å². The Hall–Kier alpha value is -1.60. The number of amides is 1. The van der Waals surface area contributed by atoms with Gasteiger partial charge in [0.15, 0.2) is 6.61 Å². The average Bonchev–Trinajstić information content (AvgIpc) is 2.89. The average molecular weight is 348 g/mol. The first-order valence-corrected chi connectivity index (χ1v) is 7.82. The Bertz CT molecular complexity index is 543. The summed E-state index contributed by atoms with van der Waals surface area (Å²) in [5, 5.41) is 2.50. The summed E-state index contributed by atoms with van der Waals surface area (Å²) in [7, 11) is 1.25. The fourth-order valence-corrected chi connectivity index (χ4v) is 2.63. The molecule has 22 heavy (non-hydrogen) atoms. The van der Waals surface area contributed by atoms with E-state index in [-0.39, 0.29) is 5.92 Å². The lowest BCUT2D eigenvalue weighted by molar-refractivity contribution is -0.145. The van der Waals surface area contributed by atoms with Crippen LogP contribution >= 0.6 is 22.9 Å². The molecule has 0 aliphatic rings. The fraction of sp³-hybridized carbons (Fsp3) is 0.500. The zero-order valence-electron chi connectivity index (χ0n) is 12.6. The second-order valence-corrected chi connectivity index (χ2v) is 6.67. The van der Waals surface area contributed by atoms with Crippen molar-refractivity contribution in [2.45, 2.75) is 26.3 Å². The maximum Gasteiger partial charge on any atom is 0.348 e. The summed E-state index contributed by atoms with van der Waals surface area (Å²) in [5.74, 6) is -1.53. The van der Waals surface area contributed by atoms with E-state index in [1.165, 1.54) is 13.2 Å². The van der Waals surface area contributed by atoms with E-state index >= 15 is 0 Å². The van der Waals surface area contributed by atoms with Gasteiger partial charge in [0.2, 0.25) is 0 Å². The molecule has 6 nitrogen and oxygen atoms in total. The molecule has 1 amide bonds. The van der Waals surface area contributed by atoms with Crippen LogP contribution in [0.1, 0.15) is 29.9 Å². The molecule has 0 fully saturated rings. The minimum atomic E-state index is -0.757. The molecule has 0 aliphatic carbocycles. The second-order valence-electron chi connectivity index (χ2n) is 4.95. The van der Waals surface area contributed by atoms with Crippen LogP contribution in [0.25, 0.3) is 0 Å². The van der Waals surface area contributed by atoms with Crippen molar-refractivity contribution in [2.75, 3.05) is 13.7 Å². The minimum absolute atomic E-state index is 0.195. The van der Waals surface area contributed by atoms with Crippen LogP contribution in [0.5, 0.6) is 0 Å². The van der Waals surface area contributed by atoms with Crippen LogP contribution in [-0.4, -0.2) is 37.6 Å². The van der Waals surface area contributed by atoms with E-state index in [0.717, 1.165) is 11.3 Å². The summed E-state index contributed by atoms with van der Waals surface area (Å²) in [4.78, 5) is 35.3. The third-order valence-corrected chi connectivity index (χ3v) is 3.85. The quantitative estimate of drug-likeness (QED) is 0.765. The number of carbonyl (C=O) groups excluding carboxylic acids is 3. The molecule has 1 heterocycles. The third-order valence-electron chi connectivity index (χ3n) is 2.64. The molecule has 1 rings (SSSR count). The van der Waals surface area contributed by atoms with Crippen LogP contribution in [0.15, 0.2) is 12.1 Å². The highest BCUT2D eigenvalue weighted by Crippen LogP contribution is 2.21. The van der Waals surface area contributed by atoms with Gasteiger partial charge >= 0.3 is 11.9 Å². The molecule has 0 radical (unpaired) electrons. The first kappa shape index (κ1) is 18.4. The van der Waals surface area contributed by atoms with Gasteiger partial charge in [-0.1, -0.05) is 25.4 Å².